The molecule has 2 heterocycles. The molecule has 1 aliphatic heterocycles. The number of hydrogen-bond donors (Lipinski definition) is 0. The molecule has 1 atom stereocenters. The van der Waals surface area contributed by atoms with E-state index in [1.165, 1.54) is 10.8 Å². The highest BCUT2D eigenvalue weighted by Gasteiger charge is 2.33. The van der Waals surface area contributed by atoms with E-state index >= 15 is 0 Å². The molecule has 1 aromatic heterocycles. The molecule has 0 aliphatic carbocycles. The van der Waals surface area contributed by atoms with E-state index in [4.69, 9.17) is 10.2 Å². The minimum atomic E-state index is -0.000892. The lowest BCUT2D eigenvalue weighted by Crippen LogP contribution is -2.18. The Morgan fingerprint density at radius 3 is 2.00 bits per heavy atom. The highest BCUT2D eigenvalue weighted by atomic mass is 15.5. The van der Waals surface area contributed by atoms with Crippen molar-refractivity contribution in [1.82, 2.24) is 9.78 Å². The minimum absolute atomic E-state index is 0.000892. The van der Waals surface area contributed by atoms with Crippen LogP contribution in [0.15, 0.2) is 145 Å². The Balaban J connectivity index is 1.43. The average Bonchev–Trinajstić information content (AvgIpc) is 3.64. The van der Waals surface area contributed by atoms with E-state index in [1.54, 1.807) is 0 Å². The normalized spacial score (nSPS) is 15.1. The summed E-state index contributed by atoms with van der Waals surface area (Å²) in [6.45, 7) is 0. The van der Waals surface area contributed by atoms with Gasteiger partial charge in [-0.05, 0) is 40.6 Å². The van der Waals surface area contributed by atoms with Crippen molar-refractivity contribution in [2.75, 3.05) is 5.01 Å². The molecular formula is C34H26N4. The molecule has 0 N–H and O–H groups in total. The third-order valence-electron chi connectivity index (χ3n) is 7.21. The van der Waals surface area contributed by atoms with Gasteiger partial charge in [0.1, 0.15) is 0 Å². The highest BCUT2D eigenvalue weighted by molar-refractivity contribution is 6.04. The van der Waals surface area contributed by atoms with Crippen molar-refractivity contribution < 1.29 is 0 Å². The lowest BCUT2D eigenvalue weighted by Gasteiger charge is -2.24. The predicted octanol–water partition coefficient (Wildman–Crippen LogP) is 8.05. The van der Waals surface area contributed by atoms with E-state index in [9.17, 15) is 0 Å². The average molecular weight is 491 g/mol. The van der Waals surface area contributed by atoms with Gasteiger partial charge < -0.3 is 0 Å². The van der Waals surface area contributed by atoms with Gasteiger partial charge in [0, 0.05) is 23.7 Å². The monoisotopic (exact) mass is 490 g/mol. The molecule has 0 bridgehead atoms. The van der Waals surface area contributed by atoms with Crippen molar-refractivity contribution in [2.45, 2.75) is 12.5 Å². The number of rotatable bonds is 5. The van der Waals surface area contributed by atoms with Crippen molar-refractivity contribution in [1.29, 1.82) is 0 Å². The minimum Gasteiger partial charge on any atom is -0.257 e. The van der Waals surface area contributed by atoms with Crippen LogP contribution in [0.5, 0.6) is 0 Å². The van der Waals surface area contributed by atoms with E-state index in [2.05, 4.69) is 126 Å². The lowest BCUT2D eigenvalue weighted by molar-refractivity contribution is 0.710. The van der Waals surface area contributed by atoms with Gasteiger partial charge in [-0.15, -0.1) is 0 Å². The van der Waals surface area contributed by atoms with E-state index in [-0.39, 0.29) is 6.04 Å². The summed E-state index contributed by atoms with van der Waals surface area (Å²) in [6.07, 6.45) is 2.98. The molecule has 0 radical (unpaired) electrons. The van der Waals surface area contributed by atoms with Crippen molar-refractivity contribution in [2.24, 2.45) is 5.10 Å². The molecule has 1 unspecified atom stereocenters. The molecule has 0 amide bonds. The zero-order valence-corrected chi connectivity index (χ0v) is 20.9. The second-order valence-corrected chi connectivity index (χ2v) is 9.55. The first-order chi connectivity index (χ1) is 18.8. The molecule has 38 heavy (non-hydrogen) atoms. The summed E-state index contributed by atoms with van der Waals surface area (Å²) in [4.78, 5) is 0. The second kappa shape index (κ2) is 9.49. The van der Waals surface area contributed by atoms with Crippen LogP contribution in [0.25, 0.3) is 27.7 Å². The fraction of sp³-hybridized carbons (Fsp3) is 0.0588. The van der Waals surface area contributed by atoms with Gasteiger partial charge in [-0.1, -0.05) is 109 Å². The maximum atomic E-state index is 5.21. The number of nitrogens with zero attached hydrogens (tertiary/aromatic N) is 4. The van der Waals surface area contributed by atoms with Gasteiger partial charge in [0.15, 0.2) is 0 Å². The maximum Gasteiger partial charge on any atom is 0.0987 e. The first-order valence-corrected chi connectivity index (χ1v) is 13.0. The van der Waals surface area contributed by atoms with Gasteiger partial charge in [0.25, 0.3) is 0 Å². The zero-order chi connectivity index (χ0) is 25.3. The molecule has 0 saturated carbocycles. The molecule has 4 nitrogen and oxygen atoms in total. The molecule has 4 heteroatoms. The standard InChI is InChI=1S/C34H26N4/c1-4-14-26(15-5-1)32-23-33(38(35-32)28-19-8-3-9-20-28)31-24-37(27-17-6-2-7-18-27)36-34(31)30-22-12-16-25-13-10-11-21-29(25)30/h1-22,24,33H,23H2. The summed E-state index contributed by atoms with van der Waals surface area (Å²) in [7, 11) is 0. The summed E-state index contributed by atoms with van der Waals surface area (Å²) >= 11 is 0. The summed E-state index contributed by atoms with van der Waals surface area (Å²) < 4.78 is 2.01. The highest BCUT2D eigenvalue weighted by Crippen LogP contribution is 2.42. The molecular weight excluding hydrogens is 464 g/mol. The smallest absolute Gasteiger partial charge is 0.0987 e. The Kier molecular flexibility index (Phi) is 5.56. The number of aromatic nitrogens is 2. The Hall–Kier alpha value is -4.96. The van der Waals surface area contributed by atoms with Crippen LogP contribution in [0, 0.1) is 0 Å². The third kappa shape index (κ3) is 3.97. The van der Waals surface area contributed by atoms with E-state index < -0.39 is 0 Å². The summed E-state index contributed by atoms with van der Waals surface area (Å²) in [5.74, 6) is 0. The molecule has 1 aliphatic rings. The van der Waals surface area contributed by atoms with E-state index in [1.807, 2.05) is 22.9 Å². The first kappa shape index (κ1) is 22.3. The summed E-state index contributed by atoms with van der Waals surface area (Å²) in [5, 5.41) is 15.0. The second-order valence-electron chi connectivity index (χ2n) is 9.55. The Labute approximate surface area is 222 Å². The van der Waals surface area contributed by atoms with Gasteiger partial charge in [-0.25, -0.2) is 4.68 Å². The summed E-state index contributed by atoms with van der Waals surface area (Å²) in [6, 6.07) is 46.3. The number of benzene rings is 5. The van der Waals surface area contributed by atoms with Crippen LogP contribution in [0.3, 0.4) is 0 Å². The molecule has 6 aromatic rings. The Morgan fingerprint density at radius 1 is 0.605 bits per heavy atom. The molecule has 0 saturated heterocycles. The quantitative estimate of drug-likeness (QED) is 0.245. The molecule has 0 fully saturated rings. The van der Waals surface area contributed by atoms with Crippen molar-refractivity contribution in [3.05, 3.63) is 151 Å². The van der Waals surface area contributed by atoms with Crippen LogP contribution in [-0.4, -0.2) is 15.5 Å². The van der Waals surface area contributed by atoms with Crippen LogP contribution in [0.4, 0.5) is 5.69 Å². The van der Waals surface area contributed by atoms with Crippen LogP contribution < -0.4 is 5.01 Å². The number of fused-ring (bicyclic) bond motifs is 1. The van der Waals surface area contributed by atoms with Gasteiger partial charge in [-0.2, -0.15) is 10.2 Å². The van der Waals surface area contributed by atoms with Crippen molar-refractivity contribution >= 4 is 22.2 Å². The lowest BCUT2D eigenvalue weighted by atomic mass is 9.94. The Morgan fingerprint density at radius 2 is 1.24 bits per heavy atom. The van der Waals surface area contributed by atoms with Gasteiger partial charge in [0.2, 0.25) is 0 Å². The third-order valence-corrected chi connectivity index (χ3v) is 7.21. The summed E-state index contributed by atoms with van der Waals surface area (Å²) in [5.41, 5.74) is 7.61. The predicted molar refractivity (Wildman–Crippen MR) is 156 cm³/mol. The van der Waals surface area contributed by atoms with Crippen molar-refractivity contribution in [3.63, 3.8) is 0 Å². The topological polar surface area (TPSA) is 33.4 Å². The Bertz CT molecular complexity index is 1730. The number of para-hydroxylation sites is 2. The number of anilines is 1. The zero-order valence-electron chi connectivity index (χ0n) is 20.9. The number of hydrogen-bond acceptors (Lipinski definition) is 3. The van der Waals surface area contributed by atoms with Crippen LogP contribution >= 0.6 is 0 Å². The van der Waals surface area contributed by atoms with Crippen LogP contribution in [-0.2, 0) is 0 Å². The van der Waals surface area contributed by atoms with Crippen LogP contribution in [0.1, 0.15) is 23.6 Å². The fourth-order valence-corrected chi connectivity index (χ4v) is 5.36. The van der Waals surface area contributed by atoms with Gasteiger partial charge in [-0.3, -0.25) is 5.01 Å². The molecule has 7 rings (SSSR count). The van der Waals surface area contributed by atoms with Gasteiger partial charge >= 0.3 is 0 Å². The molecule has 182 valence electrons. The fourth-order valence-electron chi connectivity index (χ4n) is 5.36. The number of hydrazone groups is 1. The van der Waals surface area contributed by atoms with Crippen LogP contribution in [0.2, 0.25) is 0 Å². The molecule has 5 aromatic carbocycles. The maximum absolute atomic E-state index is 5.21. The van der Waals surface area contributed by atoms with Crippen molar-refractivity contribution in [3.8, 4) is 16.9 Å². The SMILES string of the molecule is c1ccc(C2=NN(c3ccccc3)C(c3cn(-c4ccccc4)nc3-c3cccc4ccccc34)C2)cc1. The largest absolute Gasteiger partial charge is 0.257 e. The van der Waals surface area contributed by atoms with E-state index in [0.717, 1.165) is 45.9 Å². The molecule has 0 spiro atoms. The first-order valence-electron chi connectivity index (χ1n) is 13.0. The van der Waals surface area contributed by atoms with Gasteiger partial charge in [0.05, 0.1) is 28.8 Å². The van der Waals surface area contributed by atoms with E-state index in [0.29, 0.717) is 0 Å².